The number of piperazine rings is 1. The number of aryl methyl sites for hydroxylation is 1. The second kappa shape index (κ2) is 8.05. The van der Waals surface area contributed by atoms with Crippen LogP contribution in [0.25, 0.3) is 0 Å². The van der Waals surface area contributed by atoms with Crippen LogP contribution in [0.1, 0.15) is 11.1 Å². The van der Waals surface area contributed by atoms with Crippen LogP contribution in [0.4, 0.5) is 5.69 Å². The molecule has 6 heteroatoms. The average molecular weight is 340 g/mol. The van der Waals surface area contributed by atoms with Crippen molar-refractivity contribution in [2.24, 2.45) is 4.99 Å². The summed E-state index contributed by atoms with van der Waals surface area (Å²) in [5.74, 6) is 0.987. The van der Waals surface area contributed by atoms with Crippen LogP contribution in [0, 0.1) is 13.8 Å². The lowest BCUT2D eigenvalue weighted by Crippen LogP contribution is -2.53. The van der Waals surface area contributed by atoms with Gasteiger partial charge < -0.3 is 19.7 Å². The minimum absolute atomic E-state index is 0.847. The summed E-state index contributed by atoms with van der Waals surface area (Å²) in [6.45, 7) is 10.1. The Morgan fingerprint density at radius 2 is 2.00 bits per heavy atom. The predicted molar refractivity (Wildman–Crippen MR) is 103 cm³/mol. The fourth-order valence-electron chi connectivity index (χ4n) is 3.29. The van der Waals surface area contributed by atoms with Crippen LogP contribution in [0.3, 0.4) is 0 Å². The fraction of sp³-hybridized carbons (Fsp3) is 0.474. The van der Waals surface area contributed by atoms with Gasteiger partial charge in [0.25, 0.3) is 0 Å². The van der Waals surface area contributed by atoms with Gasteiger partial charge in [0.2, 0.25) is 0 Å². The number of anilines is 1. The molecule has 1 aromatic heterocycles. The number of imidazole rings is 1. The Hall–Kier alpha value is -2.50. The molecule has 0 bridgehead atoms. The van der Waals surface area contributed by atoms with Gasteiger partial charge in [-0.15, -0.1) is 0 Å². The third kappa shape index (κ3) is 4.13. The molecule has 1 N–H and O–H groups in total. The molecule has 2 aromatic rings. The summed E-state index contributed by atoms with van der Waals surface area (Å²) in [4.78, 5) is 13.3. The normalized spacial score (nSPS) is 15.6. The molecule has 1 fully saturated rings. The van der Waals surface area contributed by atoms with Crippen molar-refractivity contribution < 1.29 is 0 Å². The molecule has 0 aliphatic carbocycles. The van der Waals surface area contributed by atoms with Crippen molar-refractivity contribution in [2.75, 3.05) is 44.7 Å². The van der Waals surface area contributed by atoms with E-state index in [0.29, 0.717) is 0 Å². The highest BCUT2D eigenvalue weighted by Crippen LogP contribution is 2.23. The van der Waals surface area contributed by atoms with Gasteiger partial charge in [-0.25, -0.2) is 4.98 Å². The van der Waals surface area contributed by atoms with Crippen LogP contribution in [0.15, 0.2) is 41.9 Å². The van der Waals surface area contributed by atoms with Crippen molar-refractivity contribution in [1.82, 2.24) is 19.8 Å². The molecule has 0 saturated carbocycles. The highest BCUT2D eigenvalue weighted by molar-refractivity contribution is 5.80. The number of nitrogens with one attached hydrogen (secondary N) is 1. The molecule has 0 amide bonds. The van der Waals surface area contributed by atoms with Crippen LogP contribution in [-0.4, -0.2) is 60.2 Å². The van der Waals surface area contributed by atoms with Crippen molar-refractivity contribution in [3.63, 3.8) is 0 Å². The minimum Gasteiger partial charge on any atom is -0.368 e. The van der Waals surface area contributed by atoms with E-state index < -0.39 is 0 Å². The van der Waals surface area contributed by atoms with E-state index in [1.165, 1.54) is 16.8 Å². The highest BCUT2D eigenvalue weighted by atomic mass is 15.3. The highest BCUT2D eigenvalue weighted by Gasteiger charge is 2.20. The first-order chi connectivity index (χ1) is 12.2. The molecule has 2 heterocycles. The van der Waals surface area contributed by atoms with Crippen molar-refractivity contribution in [1.29, 1.82) is 0 Å². The third-order valence-electron chi connectivity index (χ3n) is 4.92. The van der Waals surface area contributed by atoms with Crippen LogP contribution < -0.4 is 10.2 Å². The maximum atomic E-state index is 4.45. The Kier molecular flexibility index (Phi) is 5.58. The van der Waals surface area contributed by atoms with E-state index in [-0.39, 0.29) is 0 Å². The number of hydrogen-bond donors (Lipinski definition) is 1. The first-order valence-corrected chi connectivity index (χ1v) is 8.91. The number of nitrogens with zero attached hydrogens (tertiary/aromatic N) is 5. The molecule has 0 spiro atoms. The number of rotatable bonds is 4. The molecule has 6 nitrogen and oxygen atoms in total. The molecule has 1 aliphatic heterocycles. The van der Waals surface area contributed by atoms with Crippen molar-refractivity contribution in [3.05, 3.63) is 48.0 Å². The van der Waals surface area contributed by atoms with Crippen molar-refractivity contribution in [3.8, 4) is 0 Å². The maximum Gasteiger partial charge on any atom is 0.193 e. The summed E-state index contributed by atoms with van der Waals surface area (Å²) in [6.07, 6.45) is 5.63. The third-order valence-corrected chi connectivity index (χ3v) is 4.92. The van der Waals surface area contributed by atoms with Crippen LogP contribution >= 0.6 is 0 Å². The Balaban J connectivity index is 1.52. The van der Waals surface area contributed by atoms with Gasteiger partial charge in [0.1, 0.15) is 0 Å². The van der Waals surface area contributed by atoms with Crippen LogP contribution in [0.5, 0.6) is 0 Å². The molecule has 1 saturated heterocycles. The number of guanidine groups is 1. The Bertz CT molecular complexity index is 699. The molecular weight excluding hydrogens is 312 g/mol. The second-order valence-electron chi connectivity index (χ2n) is 6.47. The van der Waals surface area contributed by atoms with E-state index in [4.69, 9.17) is 0 Å². The summed E-state index contributed by atoms with van der Waals surface area (Å²) in [6, 6.07) is 6.57. The van der Waals surface area contributed by atoms with Gasteiger partial charge in [-0.1, -0.05) is 12.1 Å². The molecule has 0 unspecified atom stereocenters. The molecular formula is C19H28N6. The van der Waals surface area contributed by atoms with Crippen molar-refractivity contribution in [2.45, 2.75) is 20.4 Å². The lowest BCUT2D eigenvalue weighted by molar-refractivity contribution is 0.371. The summed E-state index contributed by atoms with van der Waals surface area (Å²) in [5, 5.41) is 3.46. The first kappa shape index (κ1) is 17.3. The van der Waals surface area contributed by atoms with Gasteiger partial charge in [-0.05, 0) is 31.0 Å². The maximum absolute atomic E-state index is 4.45. The van der Waals surface area contributed by atoms with E-state index in [0.717, 1.165) is 45.2 Å². The van der Waals surface area contributed by atoms with Gasteiger partial charge in [0, 0.05) is 64.4 Å². The topological polar surface area (TPSA) is 48.7 Å². The summed E-state index contributed by atoms with van der Waals surface area (Å²) < 4.78 is 2.07. The zero-order chi connectivity index (χ0) is 17.6. The van der Waals surface area contributed by atoms with E-state index in [1.807, 2.05) is 19.6 Å². The SMILES string of the molecule is CN=C(NCCn1ccnc1)N1CCN(c2cccc(C)c2C)CC1. The average Bonchev–Trinajstić information content (AvgIpc) is 3.15. The molecule has 0 atom stereocenters. The molecule has 25 heavy (non-hydrogen) atoms. The van der Waals surface area contributed by atoms with E-state index in [9.17, 15) is 0 Å². The molecule has 134 valence electrons. The number of hydrogen-bond acceptors (Lipinski definition) is 3. The molecule has 1 aliphatic rings. The van der Waals surface area contributed by atoms with E-state index in [1.54, 1.807) is 6.20 Å². The minimum atomic E-state index is 0.847. The van der Waals surface area contributed by atoms with E-state index >= 15 is 0 Å². The van der Waals surface area contributed by atoms with Crippen LogP contribution in [0.2, 0.25) is 0 Å². The predicted octanol–water partition coefficient (Wildman–Crippen LogP) is 1.90. The van der Waals surface area contributed by atoms with Gasteiger partial charge >= 0.3 is 0 Å². The number of aliphatic imine (C=N–C) groups is 1. The Labute approximate surface area is 150 Å². The Morgan fingerprint density at radius 1 is 1.20 bits per heavy atom. The largest absolute Gasteiger partial charge is 0.368 e. The van der Waals surface area contributed by atoms with Crippen molar-refractivity contribution >= 4 is 11.6 Å². The second-order valence-corrected chi connectivity index (χ2v) is 6.47. The zero-order valence-electron chi connectivity index (χ0n) is 15.4. The standard InChI is InChI=1S/C19H28N6/c1-16-5-4-6-18(17(16)2)24-11-13-25(14-12-24)19(20-3)22-8-10-23-9-7-21-15-23/h4-7,9,15H,8,10-14H2,1-3H3,(H,20,22). The molecule has 0 radical (unpaired) electrons. The number of aromatic nitrogens is 2. The van der Waals surface area contributed by atoms with Gasteiger partial charge in [0.15, 0.2) is 5.96 Å². The number of benzene rings is 1. The van der Waals surface area contributed by atoms with E-state index in [2.05, 4.69) is 61.7 Å². The van der Waals surface area contributed by atoms with Crippen LogP contribution in [-0.2, 0) is 6.54 Å². The van der Waals surface area contributed by atoms with Gasteiger partial charge in [-0.2, -0.15) is 0 Å². The summed E-state index contributed by atoms with van der Waals surface area (Å²) in [7, 11) is 1.86. The monoisotopic (exact) mass is 340 g/mol. The Morgan fingerprint density at radius 3 is 2.68 bits per heavy atom. The molecule has 1 aromatic carbocycles. The first-order valence-electron chi connectivity index (χ1n) is 8.91. The van der Waals surface area contributed by atoms with Gasteiger partial charge in [-0.3, -0.25) is 4.99 Å². The smallest absolute Gasteiger partial charge is 0.193 e. The summed E-state index contributed by atoms with van der Waals surface area (Å²) in [5.41, 5.74) is 4.11. The lowest BCUT2D eigenvalue weighted by atomic mass is 10.1. The lowest BCUT2D eigenvalue weighted by Gasteiger charge is -2.38. The van der Waals surface area contributed by atoms with Gasteiger partial charge in [0.05, 0.1) is 6.33 Å². The molecule has 3 rings (SSSR count). The quantitative estimate of drug-likeness (QED) is 0.682. The zero-order valence-corrected chi connectivity index (χ0v) is 15.4. The summed E-state index contributed by atoms with van der Waals surface area (Å²) >= 11 is 0. The fourth-order valence-corrected chi connectivity index (χ4v) is 3.29.